The topological polar surface area (TPSA) is 35.9 Å². The number of ether oxygens (including phenoxy) is 1. The number of hydrogen-bond donors (Lipinski definition) is 1. The van der Waals surface area contributed by atoms with Crippen molar-refractivity contribution in [2.75, 3.05) is 38.2 Å². The van der Waals surface area contributed by atoms with Gasteiger partial charge in [0.1, 0.15) is 5.75 Å². The molecule has 0 bridgehead atoms. The Hall–Kier alpha value is -1.26. The third-order valence-corrected chi connectivity index (χ3v) is 3.46. The lowest BCUT2D eigenvalue weighted by Crippen LogP contribution is -2.44. The van der Waals surface area contributed by atoms with E-state index in [1.165, 1.54) is 16.3 Å². The molecule has 0 saturated carbocycles. The van der Waals surface area contributed by atoms with Crippen LogP contribution in [-0.4, -0.2) is 43.6 Å². The molecule has 1 aromatic carbocycles. The largest absolute Gasteiger partial charge is 0.496 e. The van der Waals surface area contributed by atoms with E-state index in [4.69, 9.17) is 4.74 Å². The first kappa shape index (κ1) is 13.2. The Kier molecular flexibility index (Phi) is 4.09. The molecule has 1 heterocycles. The fourth-order valence-corrected chi connectivity index (χ4v) is 2.33. The number of rotatable bonds is 3. The number of hydrogen-bond acceptors (Lipinski definition) is 4. The molecule has 2 rings (SSSR count). The number of nitrogens with zero attached hydrogens (tertiary/aromatic N) is 2. The highest BCUT2D eigenvalue weighted by molar-refractivity contribution is 5.54. The predicted octanol–water partition coefficient (Wildman–Crippen LogP) is 2.33. The highest BCUT2D eigenvalue weighted by atomic mass is 16.5. The fraction of sp³-hybridized carbons (Fsp3) is 0.571. The van der Waals surface area contributed by atoms with Crippen molar-refractivity contribution in [3.05, 3.63) is 23.8 Å². The van der Waals surface area contributed by atoms with E-state index in [-0.39, 0.29) is 0 Å². The SMILES string of the molecule is COc1cc(N2CCN(O)CC2)ccc1C(C)C. The number of piperazine rings is 1. The fourth-order valence-electron chi connectivity index (χ4n) is 2.33. The van der Waals surface area contributed by atoms with Gasteiger partial charge in [0.05, 0.1) is 7.11 Å². The summed E-state index contributed by atoms with van der Waals surface area (Å²) in [6.45, 7) is 7.41. The summed E-state index contributed by atoms with van der Waals surface area (Å²) in [7, 11) is 1.72. The van der Waals surface area contributed by atoms with Crippen LogP contribution in [0.4, 0.5) is 5.69 Å². The predicted molar refractivity (Wildman–Crippen MR) is 72.7 cm³/mol. The van der Waals surface area contributed by atoms with Crippen LogP contribution in [0, 0.1) is 0 Å². The van der Waals surface area contributed by atoms with Gasteiger partial charge in [-0.2, -0.15) is 5.06 Å². The van der Waals surface area contributed by atoms with E-state index >= 15 is 0 Å². The van der Waals surface area contributed by atoms with Gasteiger partial charge in [0.15, 0.2) is 0 Å². The third-order valence-electron chi connectivity index (χ3n) is 3.46. The summed E-state index contributed by atoms with van der Waals surface area (Å²) in [5, 5.41) is 10.7. The van der Waals surface area contributed by atoms with Gasteiger partial charge in [-0.15, -0.1) is 0 Å². The summed E-state index contributed by atoms with van der Waals surface area (Å²) in [6.07, 6.45) is 0. The highest BCUT2D eigenvalue weighted by Gasteiger charge is 2.17. The van der Waals surface area contributed by atoms with Crippen molar-refractivity contribution in [3.8, 4) is 5.75 Å². The molecule has 0 aromatic heterocycles. The molecule has 1 saturated heterocycles. The van der Waals surface area contributed by atoms with Gasteiger partial charge in [-0.05, 0) is 17.5 Å². The van der Waals surface area contributed by atoms with Crippen LogP contribution in [0.1, 0.15) is 25.3 Å². The third kappa shape index (κ3) is 2.76. The molecule has 1 aliphatic heterocycles. The highest BCUT2D eigenvalue weighted by Crippen LogP contribution is 2.31. The van der Waals surface area contributed by atoms with Crippen LogP contribution in [0.5, 0.6) is 5.75 Å². The molecule has 1 N–H and O–H groups in total. The van der Waals surface area contributed by atoms with Crippen molar-refractivity contribution in [2.24, 2.45) is 0 Å². The van der Waals surface area contributed by atoms with E-state index < -0.39 is 0 Å². The number of methoxy groups -OCH3 is 1. The first-order chi connectivity index (χ1) is 8.61. The van der Waals surface area contributed by atoms with Crippen LogP contribution in [0.25, 0.3) is 0 Å². The van der Waals surface area contributed by atoms with Crippen molar-refractivity contribution in [2.45, 2.75) is 19.8 Å². The summed E-state index contributed by atoms with van der Waals surface area (Å²) in [5.41, 5.74) is 2.41. The monoisotopic (exact) mass is 250 g/mol. The average Bonchev–Trinajstić information content (AvgIpc) is 2.38. The quantitative estimate of drug-likeness (QED) is 0.893. The van der Waals surface area contributed by atoms with Gasteiger partial charge in [0.25, 0.3) is 0 Å². The second kappa shape index (κ2) is 5.59. The Bertz CT molecular complexity index is 399. The lowest BCUT2D eigenvalue weighted by Gasteiger charge is -2.33. The zero-order valence-electron chi connectivity index (χ0n) is 11.4. The number of anilines is 1. The molecule has 0 amide bonds. The van der Waals surface area contributed by atoms with E-state index in [1.54, 1.807) is 7.11 Å². The second-order valence-electron chi connectivity index (χ2n) is 5.02. The molecule has 18 heavy (non-hydrogen) atoms. The molecule has 100 valence electrons. The van der Waals surface area contributed by atoms with Gasteiger partial charge in [-0.1, -0.05) is 19.9 Å². The van der Waals surface area contributed by atoms with E-state index in [2.05, 4.69) is 36.9 Å². The normalized spacial score (nSPS) is 17.3. The molecule has 4 heteroatoms. The van der Waals surface area contributed by atoms with Crippen molar-refractivity contribution >= 4 is 5.69 Å². The maximum absolute atomic E-state index is 9.37. The van der Waals surface area contributed by atoms with Gasteiger partial charge in [0, 0.05) is 37.9 Å². The van der Waals surface area contributed by atoms with Crippen LogP contribution in [0.15, 0.2) is 18.2 Å². The molecule has 1 fully saturated rings. The molecule has 1 aromatic rings. The van der Waals surface area contributed by atoms with Crippen LogP contribution >= 0.6 is 0 Å². The molecule has 0 radical (unpaired) electrons. The van der Waals surface area contributed by atoms with Crippen molar-refractivity contribution in [3.63, 3.8) is 0 Å². The summed E-state index contributed by atoms with van der Waals surface area (Å²) < 4.78 is 5.47. The van der Waals surface area contributed by atoms with Crippen molar-refractivity contribution in [1.82, 2.24) is 5.06 Å². The summed E-state index contributed by atoms with van der Waals surface area (Å²) in [4.78, 5) is 2.28. The Labute approximate surface area is 109 Å². The summed E-state index contributed by atoms with van der Waals surface area (Å²) in [5.74, 6) is 1.41. The minimum absolute atomic E-state index is 0.461. The van der Waals surface area contributed by atoms with Gasteiger partial charge >= 0.3 is 0 Å². The molecule has 0 aliphatic carbocycles. The minimum Gasteiger partial charge on any atom is -0.496 e. The summed E-state index contributed by atoms with van der Waals surface area (Å²) in [6, 6.07) is 6.39. The lowest BCUT2D eigenvalue weighted by molar-refractivity contribution is -0.0935. The smallest absolute Gasteiger partial charge is 0.124 e. The standard InChI is InChI=1S/C14H22N2O2/c1-11(2)13-5-4-12(10-14(13)18-3)15-6-8-16(17)9-7-15/h4-5,10-11,17H,6-9H2,1-3H3. The molecule has 0 unspecified atom stereocenters. The van der Waals surface area contributed by atoms with E-state index in [0.717, 1.165) is 18.8 Å². The molecule has 0 spiro atoms. The molecule has 4 nitrogen and oxygen atoms in total. The molecular formula is C14H22N2O2. The van der Waals surface area contributed by atoms with Crippen LogP contribution < -0.4 is 9.64 Å². The Morgan fingerprint density at radius 2 is 1.83 bits per heavy atom. The zero-order valence-corrected chi connectivity index (χ0v) is 11.4. The first-order valence-electron chi connectivity index (χ1n) is 6.48. The van der Waals surface area contributed by atoms with E-state index in [0.29, 0.717) is 19.0 Å². The van der Waals surface area contributed by atoms with Crippen LogP contribution in [-0.2, 0) is 0 Å². The number of hydroxylamine groups is 2. The van der Waals surface area contributed by atoms with E-state index in [1.807, 2.05) is 0 Å². The van der Waals surface area contributed by atoms with Gasteiger partial charge in [-0.3, -0.25) is 0 Å². The van der Waals surface area contributed by atoms with Crippen LogP contribution in [0.3, 0.4) is 0 Å². The number of benzene rings is 1. The molecule has 1 aliphatic rings. The zero-order chi connectivity index (χ0) is 13.1. The maximum atomic E-state index is 9.37. The molecule has 0 atom stereocenters. The summed E-state index contributed by atoms with van der Waals surface area (Å²) >= 11 is 0. The first-order valence-corrected chi connectivity index (χ1v) is 6.48. The van der Waals surface area contributed by atoms with Crippen molar-refractivity contribution < 1.29 is 9.94 Å². The molecular weight excluding hydrogens is 228 g/mol. The maximum Gasteiger partial charge on any atom is 0.124 e. The minimum atomic E-state index is 0.461. The Morgan fingerprint density at radius 3 is 2.39 bits per heavy atom. The second-order valence-corrected chi connectivity index (χ2v) is 5.02. The lowest BCUT2D eigenvalue weighted by atomic mass is 10.0. The average molecular weight is 250 g/mol. The Morgan fingerprint density at radius 1 is 1.17 bits per heavy atom. The van der Waals surface area contributed by atoms with Gasteiger partial charge in [-0.25, -0.2) is 0 Å². The Balaban J connectivity index is 2.19. The van der Waals surface area contributed by atoms with Gasteiger partial charge in [0.2, 0.25) is 0 Å². The van der Waals surface area contributed by atoms with E-state index in [9.17, 15) is 5.21 Å². The van der Waals surface area contributed by atoms with Crippen LogP contribution in [0.2, 0.25) is 0 Å². The van der Waals surface area contributed by atoms with Crippen molar-refractivity contribution in [1.29, 1.82) is 0 Å². The van der Waals surface area contributed by atoms with Gasteiger partial charge < -0.3 is 14.8 Å².